The molecule has 1 aromatic carbocycles. The highest BCUT2D eigenvalue weighted by Crippen LogP contribution is 2.14. The molecule has 1 amide bonds. The number of aromatic nitrogens is 1. The molecule has 1 aromatic heterocycles. The maximum atomic E-state index is 11.7. The van der Waals surface area contributed by atoms with E-state index in [1.807, 2.05) is 13.0 Å². The first kappa shape index (κ1) is 8.53. The van der Waals surface area contributed by atoms with Crippen LogP contribution >= 0.6 is 0 Å². The summed E-state index contributed by atoms with van der Waals surface area (Å²) in [7, 11) is 0. The fraction of sp³-hybridized carbons (Fsp3) is 0.250. The van der Waals surface area contributed by atoms with Crippen molar-refractivity contribution in [2.24, 2.45) is 0 Å². The summed E-state index contributed by atoms with van der Waals surface area (Å²) in [5.41, 5.74) is 1.38. The van der Waals surface area contributed by atoms with Gasteiger partial charge in [-0.1, -0.05) is 25.1 Å². The van der Waals surface area contributed by atoms with Crippen molar-refractivity contribution in [3.63, 3.8) is 0 Å². The lowest BCUT2D eigenvalue weighted by atomic mass is 10.2. The van der Waals surface area contributed by atoms with E-state index in [2.05, 4.69) is 10.3 Å². The van der Waals surface area contributed by atoms with Crippen molar-refractivity contribution in [3.8, 4) is 0 Å². The van der Waals surface area contributed by atoms with E-state index < -0.39 is 0 Å². The van der Waals surface area contributed by atoms with Crippen LogP contribution in [0.2, 0.25) is 0 Å². The van der Waals surface area contributed by atoms with Crippen molar-refractivity contribution in [1.29, 1.82) is 0 Å². The van der Waals surface area contributed by atoms with Crippen LogP contribution < -0.4 is 5.32 Å². The maximum Gasteiger partial charge on any atom is 0.267 e. The van der Waals surface area contributed by atoms with Gasteiger partial charge in [0.1, 0.15) is 5.69 Å². The molecule has 0 atom stereocenters. The molecule has 0 unspecified atom stereocenters. The maximum absolute atomic E-state index is 11.7. The Morgan fingerprint density at radius 3 is 3.27 bits per heavy atom. The van der Waals surface area contributed by atoms with Gasteiger partial charge in [-0.2, -0.15) is 0 Å². The Balaban J connectivity index is 2.28. The van der Waals surface area contributed by atoms with E-state index in [0.717, 1.165) is 17.3 Å². The van der Waals surface area contributed by atoms with Crippen LogP contribution in [0.4, 0.5) is 0 Å². The minimum absolute atomic E-state index is 0.0930. The third-order valence-electron chi connectivity index (χ3n) is 2.25. The molecule has 0 spiro atoms. The van der Waals surface area contributed by atoms with Gasteiger partial charge in [-0.05, 0) is 18.6 Å². The number of benzene rings is 1. The van der Waals surface area contributed by atoms with E-state index in [-0.39, 0.29) is 5.91 Å². The third kappa shape index (κ3) is 2.01. The third-order valence-corrected chi connectivity index (χ3v) is 2.25. The molecule has 3 heteroatoms. The highest BCUT2D eigenvalue weighted by Gasteiger charge is 2.07. The standard InChI is InChI=1S/C12H14N2O/c1-2-7-13-12(15)11-8-9-5-3-4-6-10(9)14-11/h3-6,8,14H,2,7H2,1H3,(H,13,15)/i4D. The minimum Gasteiger partial charge on any atom is -0.351 e. The van der Waals surface area contributed by atoms with Gasteiger partial charge in [0.15, 0.2) is 0 Å². The molecule has 1 heterocycles. The average molecular weight is 203 g/mol. The van der Waals surface area contributed by atoms with Crippen molar-refractivity contribution in [1.82, 2.24) is 10.3 Å². The SMILES string of the molecule is [2H]c1ccc2cc(C(=O)NCCC)[nH]c2c1. The number of H-pyrrole nitrogens is 1. The zero-order valence-corrected chi connectivity index (χ0v) is 8.63. The summed E-state index contributed by atoms with van der Waals surface area (Å²) in [6.45, 7) is 2.69. The Bertz CT molecular complexity index is 519. The molecule has 0 aliphatic heterocycles. The molecule has 0 aliphatic carbocycles. The number of aromatic amines is 1. The van der Waals surface area contributed by atoms with Crippen LogP contribution in [-0.2, 0) is 0 Å². The number of hydrogen-bond donors (Lipinski definition) is 2. The van der Waals surface area contributed by atoms with E-state index in [0.29, 0.717) is 18.3 Å². The first-order valence-electron chi connectivity index (χ1n) is 5.58. The number of rotatable bonds is 3. The van der Waals surface area contributed by atoms with E-state index in [1.165, 1.54) is 0 Å². The Kier molecular flexibility index (Phi) is 2.37. The number of nitrogens with one attached hydrogen (secondary N) is 2. The number of para-hydroxylation sites is 1. The second-order valence-electron chi connectivity index (χ2n) is 3.45. The quantitative estimate of drug-likeness (QED) is 0.790. The molecule has 3 nitrogen and oxygen atoms in total. The topological polar surface area (TPSA) is 44.9 Å². The van der Waals surface area contributed by atoms with E-state index in [4.69, 9.17) is 1.37 Å². The van der Waals surface area contributed by atoms with Gasteiger partial charge < -0.3 is 10.3 Å². The van der Waals surface area contributed by atoms with E-state index in [9.17, 15) is 4.79 Å². The number of hydrogen-bond acceptors (Lipinski definition) is 1. The van der Waals surface area contributed by atoms with Crippen LogP contribution in [0.3, 0.4) is 0 Å². The summed E-state index contributed by atoms with van der Waals surface area (Å²) in [5.74, 6) is -0.0930. The van der Waals surface area contributed by atoms with Gasteiger partial charge in [0.25, 0.3) is 5.91 Å². The summed E-state index contributed by atoms with van der Waals surface area (Å²) in [6.07, 6.45) is 0.919. The van der Waals surface area contributed by atoms with Crippen LogP contribution in [-0.4, -0.2) is 17.4 Å². The zero-order valence-electron chi connectivity index (χ0n) is 9.63. The van der Waals surface area contributed by atoms with Crippen molar-refractivity contribution in [2.75, 3.05) is 6.54 Å². The highest BCUT2D eigenvalue weighted by atomic mass is 16.1. The summed E-state index contributed by atoms with van der Waals surface area (Å²) in [4.78, 5) is 14.7. The first-order chi connectivity index (χ1) is 7.70. The smallest absolute Gasteiger partial charge is 0.267 e. The minimum atomic E-state index is -0.0930. The fourth-order valence-electron chi connectivity index (χ4n) is 1.47. The Labute approximate surface area is 89.9 Å². The van der Waals surface area contributed by atoms with Gasteiger partial charge in [-0.3, -0.25) is 4.79 Å². The lowest BCUT2D eigenvalue weighted by Gasteiger charge is -1.99. The van der Waals surface area contributed by atoms with Gasteiger partial charge in [0.2, 0.25) is 0 Å². The molecule has 0 bridgehead atoms. The van der Waals surface area contributed by atoms with E-state index in [1.54, 1.807) is 18.2 Å². The Hall–Kier alpha value is -1.77. The van der Waals surface area contributed by atoms with E-state index >= 15 is 0 Å². The Morgan fingerprint density at radius 1 is 1.60 bits per heavy atom. The summed E-state index contributed by atoms with van der Waals surface area (Å²) in [6, 6.07) is 7.51. The predicted octanol–water partition coefficient (Wildman–Crippen LogP) is 2.31. The van der Waals surface area contributed by atoms with Crippen molar-refractivity contribution >= 4 is 16.8 Å². The first-order valence-corrected chi connectivity index (χ1v) is 5.08. The molecule has 0 fully saturated rings. The van der Waals surface area contributed by atoms with Crippen LogP contribution in [0.1, 0.15) is 25.2 Å². The van der Waals surface area contributed by atoms with Gasteiger partial charge in [-0.25, -0.2) is 0 Å². The molecule has 15 heavy (non-hydrogen) atoms. The molecule has 2 N–H and O–H groups in total. The van der Waals surface area contributed by atoms with Crippen LogP contribution in [0.5, 0.6) is 0 Å². The normalized spacial score (nSPS) is 11.4. The molecule has 2 aromatic rings. The molecular weight excluding hydrogens is 188 g/mol. The summed E-state index contributed by atoms with van der Waals surface area (Å²) in [5, 5.41) is 3.76. The molecule has 0 saturated carbocycles. The fourth-order valence-corrected chi connectivity index (χ4v) is 1.47. The molecule has 0 saturated heterocycles. The predicted molar refractivity (Wildman–Crippen MR) is 60.9 cm³/mol. The van der Waals surface area contributed by atoms with Crippen molar-refractivity contribution in [3.05, 3.63) is 36.0 Å². The molecule has 2 rings (SSSR count). The lowest BCUT2D eigenvalue weighted by molar-refractivity contribution is 0.0949. The van der Waals surface area contributed by atoms with Gasteiger partial charge in [0, 0.05) is 17.4 Å². The number of amides is 1. The van der Waals surface area contributed by atoms with Crippen LogP contribution in [0.25, 0.3) is 10.9 Å². The second-order valence-corrected chi connectivity index (χ2v) is 3.45. The number of fused-ring (bicyclic) bond motifs is 1. The monoisotopic (exact) mass is 203 g/mol. The zero-order chi connectivity index (χ0) is 11.5. The summed E-state index contributed by atoms with van der Waals surface area (Å²) >= 11 is 0. The molecule has 0 aliphatic rings. The largest absolute Gasteiger partial charge is 0.351 e. The van der Waals surface area contributed by atoms with Crippen LogP contribution in [0.15, 0.2) is 30.3 Å². The molecular formula is C12H14N2O. The van der Waals surface area contributed by atoms with Crippen LogP contribution in [0, 0.1) is 0 Å². The Morgan fingerprint density at radius 2 is 2.47 bits per heavy atom. The van der Waals surface area contributed by atoms with Crippen molar-refractivity contribution in [2.45, 2.75) is 13.3 Å². The highest BCUT2D eigenvalue weighted by molar-refractivity contribution is 5.97. The molecule has 78 valence electrons. The average Bonchev–Trinajstić information content (AvgIpc) is 2.68. The van der Waals surface area contributed by atoms with Gasteiger partial charge >= 0.3 is 0 Å². The number of carbonyl (C=O) groups is 1. The number of carbonyl (C=O) groups excluding carboxylic acids is 1. The van der Waals surface area contributed by atoms with Gasteiger partial charge in [0.05, 0.1) is 1.37 Å². The lowest BCUT2D eigenvalue weighted by Crippen LogP contribution is -2.24. The molecule has 0 radical (unpaired) electrons. The summed E-state index contributed by atoms with van der Waals surface area (Å²) < 4.78 is 7.48. The van der Waals surface area contributed by atoms with Gasteiger partial charge in [-0.15, -0.1) is 0 Å². The van der Waals surface area contributed by atoms with Crippen molar-refractivity contribution < 1.29 is 6.17 Å². The second kappa shape index (κ2) is 4.17.